The zero-order valence-corrected chi connectivity index (χ0v) is 13.6. The Balaban J connectivity index is 1.75. The van der Waals surface area contributed by atoms with E-state index in [-0.39, 0.29) is 6.03 Å². The van der Waals surface area contributed by atoms with Gasteiger partial charge in [-0.2, -0.15) is 0 Å². The number of hydrogen-bond donors (Lipinski definition) is 2. The van der Waals surface area contributed by atoms with Gasteiger partial charge in [-0.3, -0.25) is 0 Å². The number of carbonyl (C=O) groups is 1. The first-order valence-electron chi connectivity index (χ1n) is 7.32. The van der Waals surface area contributed by atoms with E-state index in [1.165, 1.54) is 0 Å². The number of aryl methyl sites for hydroxylation is 1. The highest BCUT2D eigenvalue weighted by Crippen LogP contribution is 2.27. The van der Waals surface area contributed by atoms with Crippen LogP contribution < -0.4 is 20.1 Å². The fourth-order valence-corrected chi connectivity index (χ4v) is 2.14. The van der Waals surface area contributed by atoms with Gasteiger partial charge in [0.1, 0.15) is 0 Å². The molecule has 1 aromatic carbocycles. The highest BCUT2D eigenvalue weighted by atomic mass is 16.5. The molecule has 0 aliphatic heterocycles. The fraction of sp³-hybridized carbons (Fsp3) is 0.375. The minimum Gasteiger partial charge on any atom is -0.493 e. The molecule has 1 aromatic heterocycles. The van der Waals surface area contributed by atoms with Crippen LogP contribution in [0.2, 0.25) is 0 Å². The van der Waals surface area contributed by atoms with Crippen LogP contribution in [0, 0.1) is 0 Å². The van der Waals surface area contributed by atoms with Crippen molar-refractivity contribution in [3.05, 3.63) is 42.0 Å². The van der Waals surface area contributed by atoms with Crippen LogP contribution >= 0.6 is 0 Å². The largest absolute Gasteiger partial charge is 0.493 e. The lowest BCUT2D eigenvalue weighted by atomic mass is 10.2. The van der Waals surface area contributed by atoms with Crippen LogP contribution in [0.5, 0.6) is 11.5 Å². The number of amides is 2. The third-order valence-electron chi connectivity index (χ3n) is 3.33. The van der Waals surface area contributed by atoms with Crippen molar-refractivity contribution in [2.45, 2.75) is 13.0 Å². The number of rotatable bonds is 7. The van der Waals surface area contributed by atoms with Crippen LogP contribution in [0.25, 0.3) is 0 Å². The van der Waals surface area contributed by atoms with E-state index in [2.05, 4.69) is 15.6 Å². The second kappa shape index (κ2) is 8.07. The van der Waals surface area contributed by atoms with Gasteiger partial charge in [-0.05, 0) is 17.7 Å². The molecule has 0 unspecified atom stereocenters. The predicted molar refractivity (Wildman–Crippen MR) is 86.7 cm³/mol. The standard InChI is InChI=1S/C16H22N4O3/c1-20-10-13(19-11-20)6-7-17-16(21)18-9-12-4-5-14(22-2)15(8-12)23-3/h4-5,8,10-11H,6-7,9H2,1-3H3,(H2,17,18,21). The highest BCUT2D eigenvalue weighted by molar-refractivity contribution is 5.73. The van der Waals surface area contributed by atoms with Gasteiger partial charge in [-0.25, -0.2) is 9.78 Å². The van der Waals surface area contributed by atoms with E-state index in [4.69, 9.17) is 9.47 Å². The molecule has 1 heterocycles. The van der Waals surface area contributed by atoms with E-state index >= 15 is 0 Å². The zero-order chi connectivity index (χ0) is 16.7. The third kappa shape index (κ3) is 4.91. The molecule has 0 aliphatic carbocycles. The van der Waals surface area contributed by atoms with Crippen LogP contribution in [0.4, 0.5) is 4.79 Å². The minimum absolute atomic E-state index is 0.212. The number of carbonyl (C=O) groups excluding carboxylic acids is 1. The van der Waals surface area contributed by atoms with Gasteiger partial charge in [-0.1, -0.05) is 6.07 Å². The lowest BCUT2D eigenvalue weighted by Gasteiger charge is -2.11. The van der Waals surface area contributed by atoms with Gasteiger partial charge >= 0.3 is 6.03 Å². The van der Waals surface area contributed by atoms with E-state index in [0.717, 1.165) is 11.3 Å². The number of ether oxygens (including phenoxy) is 2. The summed E-state index contributed by atoms with van der Waals surface area (Å²) in [4.78, 5) is 16.0. The van der Waals surface area contributed by atoms with E-state index in [1.807, 2.05) is 36.0 Å². The summed E-state index contributed by atoms with van der Waals surface area (Å²) < 4.78 is 12.3. The first-order valence-corrected chi connectivity index (χ1v) is 7.32. The molecule has 2 aromatic rings. The van der Waals surface area contributed by atoms with E-state index < -0.39 is 0 Å². The van der Waals surface area contributed by atoms with E-state index in [9.17, 15) is 4.79 Å². The smallest absolute Gasteiger partial charge is 0.315 e. The average Bonchev–Trinajstić information content (AvgIpc) is 2.98. The van der Waals surface area contributed by atoms with Crippen LogP contribution in [0.3, 0.4) is 0 Å². The first-order chi connectivity index (χ1) is 11.1. The number of benzene rings is 1. The molecule has 0 atom stereocenters. The van der Waals surface area contributed by atoms with Gasteiger partial charge in [0.25, 0.3) is 0 Å². The minimum atomic E-state index is -0.212. The second-order valence-corrected chi connectivity index (χ2v) is 5.08. The summed E-state index contributed by atoms with van der Waals surface area (Å²) >= 11 is 0. The maximum Gasteiger partial charge on any atom is 0.315 e. The maximum atomic E-state index is 11.8. The van der Waals surface area contributed by atoms with Crippen molar-refractivity contribution in [1.29, 1.82) is 0 Å². The third-order valence-corrected chi connectivity index (χ3v) is 3.33. The van der Waals surface area contributed by atoms with Gasteiger partial charge in [0.2, 0.25) is 0 Å². The number of nitrogens with zero attached hydrogens (tertiary/aromatic N) is 2. The van der Waals surface area contributed by atoms with Crippen molar-refractivity contribution in [2.75, 3.05) is 20.8 Å². The average molecular weight is 318 g/mol. The van der Waals surface area contributed by atoms with Gasteiger partial charge in [0, 0.05) is 32.8 Å². The first kappa shape index (κ1) is 16.7. The number of methoxy groups -OCH3 is 2. The summed E-state index contributed by atoms with van der Waals surface area (Å²) in [5, 5.41) is 5.61. The Morgan fingerprint density at radius 1 is 1.22 bits per heavy atom. The van der Waals surface area contributed by atoms with Crippen molar-refractivity contribution in [1.82, 2.24) is 20.2 Å². The topological polar surface area (TPSA) is 77.4 Å². The summed E-state index contributed by atoms with van der Waals surface area (Å²) in [6, 6.07) is 5.33. The monoisotopic (exact) mass is 318 g/mol. The summed E-state index contributed by atoms with van der Waals surface area (Å²) in [6.45, 7) is 0.949. The molecule has 0 spiro atoms. The van der Waals surface area contributed by atoms with Crippen molar-refractivity contribution >= 4 is 6.03 Å². The molecule has 23 heavy (non-hydrogen) atoms. The Kier molecular flexibility index (Phi) is 5.85. The molecule has 7 nitrogen and oxygen atoms in total. The van der Waals surface area contributed by atoms with Gasteiger partial charge in [0.05, 0.1) is 26.2 Å². The highest BCUT2D eigenvalue weighted by Gasteiger charge is 2.06. The number of nitrogens with one attached hydrogen (secondary N) is 2. The molecule has 0 saturated heterocycles. The molecular formula is C16H22N4O3. The zero-order valence-electron chi connectivity index (χ0n) is 13.6. The molecule has 0 aliphatic rings. The Morgan fingerprint density at radius 2 is 2.00 bits per heavy atom. The van der Waals surface area contributed by atoms with Crippen molar-refractivity contribution in [3.8, 4) is 11.5 Å². The molecule has 2 N–H and O–H groups in total. The molecule has 0 bridgehead atoms. The number of hydrogen-bond acceptors (Lipinski definition) is 4. The summed E-state index contributed by atoms with van der Waals surface area (Å²) in [5.41, 5.74) is 1.88. The lowest BCUT2D eigenvalue weighted by molar-refractivity contribution is 0.240. The quantitative estimate of drug-likeness (QED) is 0.810. The van der Waals surface area contributed by atoms with Crippen LogP contribution in [0.1, 0.15) is 11.3 Å². The van der Waals surface area contributed by atoms with Crippen molar-refractivity contribution < 1.29 is 14.3 Å². The molecule has 2 amide bonds. The Hall–Kier alpha value is -2.70. The van der Waals surface area contributed by atoms with Crippen LogP contribution in [-0.4, -0.2) is 36.3 Å². The summed E-state index contributed by atoms with van der Waals surface area (Å²) in [6.07, 6.45) is 4.38. The molecule has 124 valence electrons. The fourth-order valence-electron chi connectivity index (χ4n) is 2.14. The molecule has 0 fully saturated rings. The van der Waals surface area contributed by atoms with Gasteiger partial charge in [0.15, 0.2) is 11.5 Å². The normalized spacial score (nSPS) is 10.2. The van der Waals surface area contributed by atoms with E-state index in [1.54, 1.807) is 20.5 Å². The number of urea groups is 1. The van der Waals surface area contributed by atoms with Crippen molar-refractivity contribution in [2.24, 2.45) is 7.05 Å². The predicted octanol–water partition coefficient (Wildman–Crippen LogP) is 1.48. The van der Waals surface area contributed by atoms with Crippen LogP contribution in [0.15, 0.2) is 30.7 Å². The van der Waals surface area contributed by atoms with Gasteiger partial charge < -0.3 is 24.7 Å². The van der Waals surface area contributed by atoms with E-state index in [0.29, 0.717) is 31.0 Å². The van der Waals surface area contributed by atoms with Crippen molar-refractivity contribution in [3.63, 3.8) is 0 Å². The SMILES string of the molecule is COc1ccc(CNC(=O)NCCc2cn(C)cn2)cc1OC. The lowest BCUT2D eigenvalue weighted by Crippen LogP contribution is -2.36. The Morgan fingerprint density at radius 3 is 2.65 bits per heavy atom. The molecular weight excluding hydrogens is 296 g/mol. The molecule has 2 rings (SSSR count). The maximum absolute atomic E-state index is 11.8. The number of aromatic nitrogens is 2. The number of imidazole rings is 1. The second-order valence-electron chi connectivity index (χ2n) is 5.08. The molecule has 0 radical (unpaired) electrons. The molecule has 0 saturated carbocycles. The summed E-state index contributed by atoms with van der Waals surface area (Å²) in [7, 11) is 5.09. The Labute approximate surface area is 135 Å². The van der Waals surface area contributed by atoms with Crippen LogP contribution in [-0.2, 0) is 20.0 Å². The molecule has 7 heteroatoms. The van der Waals surface area contributed by atoms with Gasteiger partial charge in [-0.15, -0.1) is 0 Å². The summed E-state index contributed by atoms with van der Waals surface area (Å²) in [5.74, 6) is 1.30. The Bertz CT molecular complexity index is 655.